The molecule has 0 aliphatic carbocycles. The molecular formula is C26H17NOU. The summed E-state index contributed by atoms with van der Waals surface area (Å²) in [6.07, 6.45) is 0. The van der Waals surface area contributed by atoms with Crippen molar-refractivity contribution < 1.29 is 35.5 Å². The predicted octanol–water partition coefficient (Wildman–Crippen LogP) is 6.74. The number of hydrogen-bond donors (Lipinski definition) is 0. The van der Waals surface area contributed by atoms with Crippen LogP contribution in [0.2, 0.25) is 0 Å². The van der Waals surface area contributed by atoms with Gasteiger partial charge in [0.1, 0.15) is 5.52 Å². The number of aryl methyl sites for hydroxylation is 1. The van der Waals surface area contributed by atoms with Crippen molar-refractivity contribution >= 4 is 11.1 Å². The van der Waals surface area contributed by atoms with E-state index in [0.717, 1.165) is 44.5 Å². The zero-order valence-corrected chi connectivity index (χ0v) is 20.1. The van der Waals surface area contributed by atoms with E-state index in [9.17, 15) is 0 Å². The van der Waals surface area contributed by atoms with Gasteiger partial charge in [-0.3, -0.25) is 0 Å². The molecule has 1 aromatic heterocycles. The number of hydrogen-bond acceptors (Lipinski definition) is 2. The molecule has 0 spiro atoms. The molecule has 0 aliphatic heterocycles. The molecule has 136 valence electrons. The van der Waals surface area contributed by atoms with Crippen molar-refractivity contribution in [2.75, 3.05) is 0 Å². The largest absolute Gasteiger partial charge is 2.00 e. The van der Waals surface area contributed by atoms with Crippen molar-refractivity contribution in [1.29, 1.82) is 0 Å². The first-order valence-electron chi connectivity index (χ1n) is 9.24. The van der Waals surface area contributed by atoms with Crippen molar-refractivity contribution in [1.82, 2.24) is 4.98 Å². The molecule has 0 aliphatic rings. The second-order valence-electron chi connectivity index (χ2n) is 6.77. The van der Waals surface area contributed by atoms with Crippen LogP contribution in [0.1, 0.15) is 5.56 Å². The van der Waals surface area contributed by atoms with E-state index in [1.54, 1.807) is 0 Å². The van der Waals surface area contributed by atoms with Gasteiger partial charge in [-0.05, 0) is 18.6 Å². The topological polar surface area (TPSA) is 26.0 Å². The van der Waals surface area contributed by atoms with E-state index in [0.29, 0.717) is 5.89 Å². The third-order valence-corrected chi connectivity index (χ3v) is 4.86. The predicted molar refractivity (Wildman–Crippen MR) is 113 cm³/mol. The SMILES string of the molecule is Cc1cccc2oc(-c3ccc(-c4[c-]c(-c5[c-]cccc5)ccc4)cc3)nc12.[U+2]. The molecule has 1 heterocycles. The molecule has 2 nitrogen and oxygen atoms in total. The van der Waals surface area contributed by atoms with Crippen LogP contribution < -0.4 is 0 Å². The maximum Gasteiger partial charge on any atom is 2.00 e. The first-order chi connectivity index (χ1) is 13.8. The van der Waals surface area contributed by atoms with E-state index in [-0.39, 0.29) is 31.1 Å². The van der Waals surface area contributed by atoms with Crippen LogP contribution in [0.15, 0.2) is 89.3 Å². The Bertz CT molecular complexity index is 1260. The minimum atomic E-state index is 0. The van der Waals surface area contributed by atoms with Gasteiger partial charge in [0.05, 0.1) is 0 Å². The molecule has 3 heteroatoms. The molecule has 0 saturated carbocycles. The molecule has 0 saturated heterocycles. The summed E-state index contributed by atoms with van der Waals surface area (Å²) in [6, 6.07) is 35.2. The van der Waals surface area contributed by atoms with Gasteiger partial charge in [0.2, 0.25) is 5.89 Å². The van der Waals surface area contributed by atoms with Gasteiger partial charge >= 0.3 is 31.1 Å². The molecule has 0 atom stereocenters. The first-order valence-corrected chi connectivity index (χ1v) is 9.24. The van der Waals surface area contributed by atoms with Crippen LogP contribution in [0.4, 0.5) is 0 Å². The van der Waals surface area contributed by atoms with Crippen LogP contribution in [0.3, 0.4) is 0 Å². The Morgan fingerprint density at radius 2 is 1.45 bits per heavy atom. The average molecular weight is 597 g/mol. The van der Waals surface area contributed by atoms with Gasteiger partial charge in [-0.1, -0.05) is 42.0 Å². The average Bonchev–Trinajstić information content (AvgIpc) is 3.20. The van der Waals surface area contributed by atoms with Crippen LogP contribution in [0.25, 0.3) is 44.8 Å². The van der Waals surface area contributed by atoms with Gasteiger partial charge in [0.25, 0.3) is 0 Å². The fraction of sp³-hybridized carbons (Fsp3) is 0.0385. The monoisotopic (exact) mass is 597 g/mol. The summed E-state index contributed by atoms with van der Waals surface area (Å²) < 4.78 is 5.93. The zero-order valence-electron chi connectivity index (χ0n) is 15.9. The molecule has 0 bridgehead atoms. The van der Waals surface area contributed by atoms with Crippen molar-refractivity contribution in [3.8, 4) is 33.7 Å². The fourth-order valence-electron chi connectivity index (χ4n) is 3.36. The molecule has 0 unspecified atom stereocenters. The number of aromatic nitrogens is 1. The van der Waals surface area contributed by atoms with E-state index in [4.69, 9.17) is 4.42 Å². The fourth-order valence-corrected chi connectivity index (χ4v) is 3.36. The molecule has 0 N–H and O–H groups in total. The van der Waals surface area contributed by atoms with Crippen molar-refractivity contribution in [3.05, 3.63) is 103 Å². The van der Waals surface area contributed by atoms with Crippen LogP contribution in [0, 0.1) is 50.2 Å². The van der Waals surface area contributed by atoms with Crippen LogP contribution in [-0.2, 0) is 0 Å². The molecule has 0 fully saturated rings. The van der Waals surface area contributed by atoms with E-state index < -0.39 is 0 Å². The number of rotatable bonds is 3. The van der Waals surface area contributed by atoms with Gasteiger partial charge in [0.15, 0.2) is 5.58 Å². The van der Waals surface area contributed by atoms with Crippen LogP contribution in [-0.4, -0.2) is 4.98 Å². The molecular weight excluding hydrogens is 580 g/mol. The minimum absolute atomic E-state index is 0. The zero-order chi connectivity index (χ0) is 18.9. The van der Waals surface area contributed by atoms with Crippen LogP contribution in [0.5, 0.6) is 0 Å². The Balaban J connectivity index is 0.00000205. The summed E-state index contributed by atoms with van der Waals surface area (Å²) in [5, 5.41) is 0. The van der Waals surface area contributed by atoms with Crippen molar-refractivity contribution in [3.63, 3.8) is 0 Å². The van der Waals surface area contributed by atoms with Gasteiger partial charge in [-0.2, -0.15) is 42.0 Å². The van der Waals surface area contributed by atoms with Gasteiger partial charge in [0, 0.05) is 5.56 Å². The Hall–Kier alpha value is -2.60. The number of nitrogens with zero attached hydrogens (tertiary/aromatic N) is 1. The molecule has 0 amide bonds. The minimum Gasteiger partial charge on any atom is -0.436 e. The molecule has 4 aromatic carbocycles. The Morgan fingerprint density at radius 1 is 0.724 bits per heavy atom. The van der Waals surface area contributed by atoms with Crippen molar-refractivity contribution in [2.24, 2.45) is 0 Å². The normalized spacial score (nSPS) is 10.7. The molecule has 5 rings (SSSR count). The number of para-hydroxylation sites is 1. The summed E-state index contributed by atoms with van der Waals surface area (Å²) >= 11 is 0. The number of oxazole rings is 1. The third kappa shape index (κ3) is 3.94. The molecule has 5 aromatic rings. The third-order valence-electron chi connectivity index (χ3n) is 4.86. The smallest absolute Gasteiger partial charge is 0.436 e. The second-order valence-corrected chi connectivity index (χ2v) is 6.77. The molecule has 0 radical (unpaired) electrons. The Kier molecular flexibility index (Phi) is 5.72. The number of benzene rings is 4. The quantitative estimate of drug-likeness (QED) is 0.216. The Labute approximate surface area is 194 Å². The maximum absolute atomic E-state index is 5.93. The maximum atomic E-state index is 5.93. The number of fused-ring (bicyclic) bond motifs is 1. The summed E-state index contributed by atoms with van der Waals surface area (Å²) in [7, 11) is 0. The first kappa shape index (κ1) is 19.7. The van der Waals surface area contributed by atoms with E-state index in [1.807, 2.05) is 61.5 Å². The molecule has 29 heavy (non-hydrogen) atoms. The van der Waals surface area contributed by atoms with E-state index in [2.05, 4.69) is 47.4 Å². The van der Waals surface area contributed by atoms with Crippen molar-refractivity contribution in [2.45, 2.75) is 6.92 Å². The van der Waals surface area contributed by atoms with Gasteiger partial charge < -0.3 is 4.42 Å². The van der Waals surface area contributed by atoms with Gasteiger partial charge in [-0.15, -0.1) is 23.8 Å². The van der Waals surface area contributed by atoms with E-state index in [1.165, 1.54) is 0 Å². The summed E-state index contributed by atoms with van der Waals surface area (Å²) in [6.45, 7) is 2.05. The summed E-state index contributed by atoms with van der Waals surface area (Å²) in [4.78, 5) is 4.66. The van der Waals surface area contributed by atoms with Gasteiger partial charge in [-0.25, -0.2) is 10.5 Å². The second kappa shape index (κ2) is 8.41. The Morgan fingerprint density at radius 3 is 2.21 bits per heavy atom. The standard InChI is InChI=1S/C26H17NO.U/c1-18-7-5-12-24-25(18)27-26(28-24)21-15-13-20(14-16-21)23-11-6-10-22(17-23)19-8-3-2-4-9-19;/h2-8,10-16H,1H3;/q-2;+2. The van der Waals surface area contributed by atoms with Crippen LogP contribution >= 0.6 is 0 Å². The van der Waals surface area contributed by atoms with E-state index >= 15 is 0 Å². The summed E-state index contributed by atoms with van der Waals surface area (Å²) in [5.41, 5.74) is 8.06. The summed E-state index contributed by atoms with van der Waals surface area (Å²) in [5.74, 6) is 0.646.